The number of benzene rings is 1. The predicted octanol–water partition coefficient (Wildman–Crippen LogP) is -0.194. The SMILES string of the molecule is C/C(CC(=O)Nc1ccc(Cl)c(Cl)c1)=N\NC(=O)C[n+]1ccccc1.[Cl-]. The molecule has 0 spiro atoms. The lowest BCUT2D eigenvalue weighted by molar-refractivity contribution is -0.684. The summed E-state index contributed by atoms with van der Waals surface area (Å²) in [5.74, 6) is -0.549. The second-order valence-corrected chi connectivity index (χ2v) is 6.10. The molecule has 6 nitrogen and oxygen atoms in total. The second-order valence-electron chi connectivity index (χ2n) is 5.28. The summed E-state index contributed by atoms with van der Waals surface area (Å²) in [5.41, 5.74) is 3.44. The minimum absolute atomic E-state index is 0. The minimum atomic E-state index is -0.277. The average molecular weight is 416 g/mol. The quantitative estimate of drug-likeness (QED) is 0.390. The van der Waals surface area contributed by atoms with Gasteiger partial charge in [0.25, 0.3) is 0 Å². The normalized spacial score (nSPS) is 10.7. The monoisotopic (exact) mass is 414 g/mol. The molecule has 9 heteroatoms. The van der Waals surface area contributed by atoms with Crippen LogP contribution < -0.4 is 27.7 Å². The third kappa shape index (κ3) is 7.39. The van der Waals surface area contributed by atoms with E-state index in [1.54, 1.807) is 42.1 Å². The fraction of sp³-hybridized carbons (Fsp3) is 0.176. The highest BCUT2D eigenvalue weighted by Crippen LogP contribution is 2.24. The molecule has 1 aromatic heterocycles. The van der Waals surface area contributed by atoms with Crippen molar-refractivity contribution < 1.29 is 26.6 Å². The molecule has 0 radical (unpaired) electrons. The van der Waals surface area contributed by atoms with Gasteiger partial charge in [-0.3, -0.25) is 9.59 Å². The number of anilines is 1. The first-order valence-electron chi connectivity index (χ1n) is 7.45. The second kappa shape index (κ2) is 10.8. The van der Waals surface area contributed by atoms with Crippen molar-refractivity contribution in [2.24, 2.45) is 5.10 Å². The first-order valence-corrected chi connectivity index (χ1v) is 8.20. The van der Waals surface area contributed by atoms with Crippen molar-refractivity contribution >= 4 is 46.4 Å². The molecule has 2 N–H and O–H groups in total. The molecule has 2 rings (SSSR count). The van der Waals surface area contributed by atoms with Crippen molar-refractivity contribution in [1.29, 1.82) is 0 Å². The Morgan fingerprint density at radius 3 is 2.42 bits per heavy atom. The van der Waals surface area contributed by atoms with Crippen molar-refractivity contribution in [1.82, 2.24) is 5.43 Å². The summed E-state index contributed by atoms with van der Waals surface area (Å²) in [6.07, 6.45) is 3.60. The Labute approximate surface area is 167 Å². The molecule has 1 aromatic carbocycles. The van der Waals surface area contributed by atoms with Gasteiger partial charge in [0.1, 0.15) is 0 Å². The largest absolute Gasteiger partial charge is 1.00 e. The third-order valence-corrected chi connectivity index (χ3v) is 3.83. The van der Waals surface area contributed by atoms with Crippen LogP contribution in [0.2, 0.25) is 10.0 Å². The molecule has 2 amide bonds. The molecule has 0 aliphatic carbocycles. The molecule has 0 aliphatic rings. The number of amides is 2. The van der Waals surface area contributed by atoms with E-state index in [0.717, 1.165) is 0 Å². The zero-order chi connectivity index (χ0) is 18.2. The summed E-state index contributed by atoms with van der Waals surface area (Å²) in [5, 5.41) is 7.39. The Hall–Kier alpha value is -2.15. The Balaban J connectivity index is 0.00000338. The Bertz CT molecular complexity index is 798. The molecule has 0 atom stereocenters. The number of hydrogen-bond acceptors (Lipinski definition) is 3. The number of carbonyl (C=O) groups is 2. The molecule has 0 unspecified atom stereocenters. The Kier molecular flexibility index (Phi) is 9.05. The molecule has 138 valence electrons. The van der Waals surface area contributed by atoms with Gasteiger partial charge in [-0.05, 0) is 25.1 Å². The standard InChI is InChI=1S/C17H16Cl2N4O2.ClH/c1-12(21-22-17(25)11-23-7-3-2-4-8-23)9-16(24)20-13-5-6-14(18)15(19)10-13;/h2-8,10H,9,11H2,1H3,(H-,20,22,24,25);1H/b21-12+;. The molecule has 0 fully saturated rings. The van der Waals surface area contributed by atoms with Gasteiger partial charge >= 0.3 is 5.91 Å². The van der Waals surface area contributed by atoms with Crippen molar-refractivity contribution in [3.05, 3.63) is 58.8 Å². The summed E-state index contributed by atoms with van der Waals surface area (Å²) in [4.78, 5) is 23.8. The van der Waals surface area contributed by atoms with Gasteiger partial charge in [-0.2, -0.15) is 9.67 Å². The van der Waals surface area contributed by atoms with Gasteiger partial charge in [0.05, 0.1) is 16.5 Å². The van der Waals surface area contributed by atoms with E-state index in [4.69, 9.17) is 23.2 Å². The topological polar surface area (TPSA) is 74.4 Å². The number of hydrogen-bond donors (Lipinski definition) is 2. The van der Waals surface area contributed by atoms with E-state index in [2.05, 4.69) is 15.8 Å². The number of pyridine rings is 1. The number of nitrogens with zero attached hydrogens (tertiary/aromatic N) is 2. The van der Waals surface area contributed by atoms with Crippen LogP contribution in [0.4, 0.5) is 5.69 Å². The van der Waals surface area contributed by atoms with E-state index in [9.17, 15) is 9.59 Å². The maximum atomic E-state index is 12.0. The maximum Gasteiger partial charge on any atom is 0.305 e. The van der Waals surface area contributed by atoms with E-state index in [1.165, 1.54) is 0 Å². The Morgan fingerprint density at radius 1 is 1.08 bits per heavy atom. The molecule has 0 saturated heterocycles. The minimum Gasteiger partial charge on any atom is -1.00 e. The van der Waals surface area contributed by atoms with Gasteiger partial charge < -0.3 is 17.7 Å². The first-order chi connectivity index (χ1) is 11.9. The molecule has 2 aromatic rings. The highest BCUT2D eigenvalue weighted by Gasteiger charge is 2.09. The van der Waals surface area contributed by atoms with Gasteiger partial charge in [-0.25, -0.2) is 5.43 Å². The van der Waals surface area contributed by atoms with Crippen LogP contribution in [-0.2, 0) is 16.1 Å². The van der Waals surface area contributed by atoms with Crippen LogP contribution in [-0.4, -0.2) is 17.5 Å². The number of nitrogens with one attached hydrogen (secondary N) is 2. The first kappa shape index (κ1) is 21.9. The number of rotatable bonds is 6. The fourth-order valence-electron chi connectivity index (χ4n) is 1.95. The number of aromatic nitrogens is 1. The summed E-state index contributed by atoms with van der Waals surface area (Å²) in [6, 6.07) is 10.3. The van der Waals surface area contributed by atoms with Crippen molar-refractivity contribution in [2.45, 2.75) is 19.9 Å². The van der Waals surface area contributed by atoms with E-state index >= 15 is 0 Å². The van der Waals surface area contributed by atoms with Gasteiger partial charge in [0.2, 0.25) is 12.5 Å². The number of halogens is 3. The molecular formula is C17H17Cl3N4O2. The summed E-state index contributed by atoms with van der Waals surface area (Å²) >= 11 is 11.7. The van der Waals surface area contributed by atoms with E-state index in [-0.39, 0.29) is 37.2 Å². The van der Waals surface area contributed by atoms with E-state index < -0.39 is 0 Å². The summed E-state index contributed by atoms with van der Waals surface area (Å²) < 4.78 is 1.72. The van der Waals surface area contributed by atoms with Gasteiger partial charge in [0.15, 0.2) is 12.4 Å². The van der Waals surface area contributed by atoms with Gasteiger partial charge in [0, 0.05) is 23.5 Å². The molecular weight excluding hydrogens is 399 g/mol. The Morgan fingerprint density at radius 2 is 1.77 bits per heavy atom. The van der Waals surface area contributed by atoms with Crippen LogP contribution in [0.5, 0.6) is 0 Å². The van der Waals surface area contributed by atoms with Crippen molar-refractivity contribution in [3.63, 3.8) is 0 Å². The number of carbonyl (C=O) groups excluding carboxylic acids is 2. The fourth-order valence-corrected chi connectivity index (χ4v) is 2.25. The average Bonchev–Trinajstić information content (AvgIpc) is 2.57. The highest BCUT2D eigenvalue weighted by atomic mass is 35.5. The van der Waals surface area contributed by atoms with Crippen LogP contribution in [0, 0.1) is 0 Å². The van der Waals surface area contributed by atoms with Crippen LogP contribution in [0.15, 0.2) is 53.9 Å². The van der Waals surface area contributed by atoms with Crippen LogP contribution in [0.25, 0.3) is 0 Å². The molecule has 0 bridgehead atoms. The summed E-state index contributed by atoms with van der Waals surface area (Å²) in [6.45, 7) is 1.80. The third-order valence-electron chi connectivity index (χ3n) is 3.09. The van der Waals surface area contributed by atoms with Crippen LogP contribution in [0.1, 0.15) is 13.3 Å². The van der Waals surface area contributed by atoms with Crippen molar-refractivity contribution in [3.8, 4) is 0 Å². The predicted molar refractivity (Wildman–Crippen MR) is 97.6 cm³/mol. The zero-order valence-corrected chi connectivity index (χ0v) is 16.1. The molecule has 26 heavy (non-hydrogen) atoms. The lowest BCUT2D eigenvalue weighted by atomic mass is 10.2. The van der Waals surface area contributed by atoms with E-state index in [1.807, 2.05) is 18.2 Å². The van der Waals surface area contributed by atoms with Crippen LogP contribution in [0.3, 0.4) is 0 Å². The maximum absolute atomic E-state index is 12.0. The highest BCUT2D eigenvalue weighted by molar-refractivity contribution is 6.42. The van der Waals surface area contributed by atoms with E-state index in [0.29, 0.717) is 21.4 Å². The lowest BCUT2D eigenvalue weighted by Gasteiger charge is -2.06. The van der Waals surface area contributed by atoms with Gasteiger partial charge in [-0.1, -0.05) is 29.3 Å². The smallest absolute Gasteiger partial charge is 0.305 e. The molecule has 0 saturated carbocycles. The summed E-state index contributed by atoms with van der Waals surface area (Å²) in [7, 11) is 0. The lowest BCUT2D eigenvalue weighted by Crippen LogP contribution is -3.00. The van der Waals surface area contributed by atoms with Crippen molar-refractivity contribution in [2.75, 3.05) is 5.32 Å². The van der Waals surface area contributed by atoms with Crippen LogP contribution >= 0.6 is 23.2 Å². The molecule has 0 aliphatic heterocycles. The number of hydrazone groups is 1. The van der Waals surface area contributed by atoms with Gasteiger partial charge in [-0.15, -0.1) is 0 Å². The molecule has 1 heterocycles. The zero-order valence-electron chi connectivity index (χ0n) is 13.9.